The van der Waals surface area contributed by atoms with Crippen LogP contribution in [0.15, 0.2) is 66.7 Å². The number of methoxy groups -OCH3 is 1. The zero-order chi connectivity index (χ0) is 26.5. The van der Waals surface area contributed by atoms with E-state index in [1.54, 1.807) is 37.4 Å². The van der Waals surface area contributed by atoms with E-state index < -0.39 is 12.0 Å². The van der Waals surface area contributed by atoms with E-state index in [0.717, 1.165) is 31.1 Å². The molecule has 1 aromatic heterocycles. The van der Waals surface area contributed by atoms with E-state index in [9.17, 15) is 19.5 Å². The molecule has 1 heterocycles. The molecule has 0 aliphatic heterocycles. The summed E-state index contributed by atoms with van der Waals surface area (Å²) in [6, 6.07) is 18.4. The number of carbonyl (C=O) groups is 3. The van der Waals surface area contributed by atoms with Crippen molar-refractivity contribution in [2.75, 3.05) is 14.2 Å². The maximum atomic E-state index is 13.4. The van der Waals surface area contributed by atoms with Crippen molar-refractivity contribution in [1.82, 2.24) is 15.6 Å². The minimum absolute atomic E-state index is 0.121. The Balaban J connectivity index is 1.60. The number of aryl methyl sites for hydroxylation is 1. The van der Waals surface area contributed by atoms with Crippen LogP contribution in [0.2, 0.25) is 0 Å². The first-order chi connectivity index (χ1) is 17.8. The summed E-state index contributed by atoms with van der Waals surface area (Å²) in [5.41, 5.74) is 3.66. The number of amides is 2. The molecule has 37 heavy (non-hydrogen) atoms. The van der Waals surface area contributed by atoms with Gasteiger partial charge in [-0.1, -0.05) is 0 Å². The predicted molar refractivity (Wildman–Crippen MR) is 143 cm³/mol. The van der Waals surface area contributed by atoms with E-state index in [4.69, 9.17) is 4.74 Å². The second-order valence-electron chi connectivity index (χ2n) is 8.44. The number of H-pyrrole nitrogens is 1. The first-order valence-electron chi connectivity index (χ1n) is 11.6. The van der Waals surface area contributed by atoms with Gasteiger partial charge in [-0.05, 0) is 0 Å². The summed E-state index contributed by atoms with van der Waals surface area (Å²) in [6.45, 7) is 1.98. The summed E-state index contributed by atoms with van der Waals surface area (Å²) in [7, 11) is 2.88. The predicted octanol–water partition coefficient (Wildman–Crippen LogP) is 1.71. The molecule has 0 fully saturated rings. The Morgan fingerprint density at radius 2 is 1.76 bits per heavy atom. The van der Waals surface area contributed by atoms with Crippen molar-refractivity contribution in [1.29, 1.82) is 0 Å². The van der Waals surface area contributed by atoms with E-state index in [1.807, 2.05) is 31.2 Å². The average Bonchev–Trinajstić information content (AvgIpc) is 3.22. The maximum absolute atomic E-state index is 13.4. The van der Waals surface area contributed by atoms with E-state index in [-0.39, 0.29) is 38.9 Å². The summed E-state index contributed by atoms with van der Waals surface area (Å²) in [6.07, 6.45) is 0.223. The van der Waals surface area contributed by atoms with Gasteiger partial charge in [0, 0.05) is 0 Å². The van der Waals surface area contributed by atoms with Gasteiger partial charge in [0.05, 0.1) is 0 Å². The molecule has 9 heteroatoms. The number of benzene rings is 3. The van der Waals surface area contributed by atoms with Gasteiger partial charge >= 0.3 is 221 Å². The SMILES string of the molecule is CNC(=O)c1ccc2c([Se]c3ccccc3C(=O)N[C@@H](Cc3ccc(O)cc3)C(=O)OC)c(C)[nH]c2c1. The fourth-order valence-corrected chi connectivity index (χ4v) is 6.39. The first kappa shape index (κ1) is 26.0. The summed E-state index contributed by atoms with van der Waals surface area (Å²) in [5.74, 6) is -0.957. The summed E-state index contributed by atoms with van der Waals surface area (Å²) >= 11 is -0.234. The number of aromatic amines is 1. The minimum atomic E-state index is -0.888. The van der Waals surface area contributed by atoms with Crippen LogP contribution >= 0.6 is 0 Å². The van der Waals surface area contributed by atoms with Crippen LogP contribution in [0, 0.1) is 6.92 Å². The van der Waals surface area contributed by atoms with Crippen LogP contribution in [0.1, 0.15) is 32.0 Å². The van der Waals surface area contributed by atoms with Crippen LogP contribution in [-0.4, -0.2) is 63.0 Å². The molecule has 1 atom stereocenters. The fourth-order valence-electron chi connectivity index (χ4n) is 4.02. The van der Waals surface area contributed by atoms with Crippen molar-refractivity contribution >= 4 is 52.6 Å². The van der Waals surface area contributed by atoms with Crippen molar-refractivity contribution in [2.45, 2.75) is 19.4 Å². The number of phenols is 1. The van der Waals surface area contributed by atoms with Crippen LogP contribution in [0.4, 0.5) is 0 Å². The summed E-state index contributed by atoms with van der Waals surface area (Å²) in [5, 5.41) is 16.0. The molecule has 0 aliphatic carbocycles. The third-order valence-electron chi connectivity index (χ3n) is 5.93. The third-order valence-corrected chi connectivity index (χ3v) is 8.67. The standard InChI is InChI=1S/C28H27N3O5Se/c1-16-25(20-13-10-18(26(33)29-2)15-22(20)30-16)37-24-7-5-4-6-21(24)27(34)31-23(28(35)36-3)14-17-8-11-19(32)12-9-17/h4-13,15,23,30,32H,14H2,1-3H3,(H,29,33)(H,31,34)/t23-/m0/s1. The molecule has 4 aromatic rings. The summed E-state index contributed by atoms with van der Waals surface area (Å²) in [4.78, 5) is 41.2. The second-order valence-corrected chi connectivity index (χ2v) is 10.6. The average molecular weight is 565 g/mol. The number of aromatic hydroxyl groups is 1. The van der Waals surface area contributed by atoms with Crippen LogP contribution < -0.4 is 19.6 Å². The van der Waals surface area contributed by atoms with Gasteiger partial charge in [-0.15, -0.1) is 0 Å². The van der Waals surface area contributed by atoms with Crippen LogP contribution in [0.25, 0.3) is 10.9 Å². The molecule has 0 saturated carbocycles. The van der Waals surface area contributed by atoms with Gasteiger partial charge in [0.1, 0.15) is 0 Å². The number of aromatic nitrogens is 1. The Hall–Kier alpha value is -4.07. The topological polar surface area (TPSA) is 121 Å². The Kier molecular flexibility index (Phi) is 7.96. The molecule has 0 unspecified atom stereocenters. The molecule has 0 spiro atoms. The molecule has 3 aromatic carbocycles. The van der Waals surface area contributed by atoms with Gasteiger partial charge in [-0.2, -0.15) is 0 Å². The van der Waals surface area contributed by atoms with Crippen molar-refractivity contribution in [3.63, 3.8) is 0 Å². The van der Waals surface area contributed by atoms with Gasteiger partial charge in [0.25, 0.3) is 0 Å². The Bertz CT molecular complexity index is 1460. The molecule has 190 valence electrons. The van der Waals surface area contributed by atoms with Crippen molar-refractivity contribution < 1.29 is 24.2 Å². The molecule has 2 amide bonds. The number of nitrogens with one attached hydrogen (secondary N) is 3. The molecule has 8 nitrogen and oxygen atoms in total. The van der Waals surface area contributed by atoms with E-state index in [1.165, 1.54) is 19.2 Å². The number of esters is 1. The number of ether oxygens (including phenoxy) is 1. The molecular weight excluding hydrogens is 537 g/mol. The Labute approximate surface area is 220 Å². The Morgan fingerprint density at radius 1 is 1.03 bits per heavy atom. The fraction of sp³-hybridized carbons (Fsp3) is 0.179. The van der Waals surface area contributed by atoms with Crippen molar-refractivity contribution in [3.05, 3.63) is 89.1 Å². The van der Waals surface area contributed by atoms with Crippen LogP contribution in [-0.2, 0) is 16.0 Å². The molecule has 4 rings (SSSR count). The molecule has 0 aliphatic rings. The number of hydrogen-bond donors (Lipinski definition) is 4. The second kappa shape index (κ2) is 11.3. The third kappa shape index (κ3) is 5.85. The van der Waals surface area contributed by atoms with Crippen LogP contribution in [0.5, 0.6) is 5.75 Å². The number of carbonyl (C=O) groups excluding carboxylic acids is 3. The van der Waals surface area contributed by atoms with Gasteiger partial charge in [0.2, 0.25) is 0 Å². The monoisotopic (exact) mass is 565 g/mol. The van der Waals surface area contributed by atoms with E-state index in [0.29, 0.717) is 11.1 Å². The Morgan fingerprint density at radius 3 is 2.46 bits per heavy atom. The number of phenolic OH excluding ortho intramolecular Hbond substituents is 1. The zero-order valence-corrected chi connectivity index (χ0v) is 22.3. The molecule has 0 bridgehead atoms. The molecule has 4 N–H and O–H groups in total. The van der Waals surface area contributed by atoms with E-state index >= 15 is 0 Å². The first-order valence-corrected chi connectivity index (χ1v) is 13.3. The van der Waals surface area contributed by atoms with Crippen LogP contribution in [0.3, 0.4) is 0 Å². The normalized spacial score (nSPS) is 11.6. The van der Waals surface area contributed by atoms with Gasteiger partial charge < -0.3 is 0 Å². The summed E-state index contributed by atoms with van der Waals surface area (Å²) < 4.78 is 6.87. The molecular formula is C28H27N3O5Se. The van der Waals surface area contributed by atoms with Gasteiger partial charge in [0.15, 0.2) is 0 Å². The van der Waals surface area contributed by atoms with E-state index in [2.05, 4.69) is 15.6 Å². The number of hydrogen-bond acceptors (Lipinski definition) is 5. The number of rotatable bonds is 8. The zero-order valence-electron chi connectivity index (χ0n) is 20.6. The molecule has 0 radical (unpaired) electrons. The van der Waals surface area contributed by atoms with Gasteiger partial charge in [-0.25, -0.2) is 0 Å². The van der Waals surface area contributed by atoms with Crippen molar-refractivity contribution in [2.24, 2.45) is 0 Å². The van der Waals surface area contributed by atoms with Gasteiger partial charge in [-0.3, -0.25) is 0 Å². The van der Waals surface area contributed by atoms with Crippen molar-refractivity contribution in [3.8, 4) is 5.75 Å². The quantitative estimate of drug-likeness (QED) is 0.192. The molecule has 0 saturated heterocycles. The number of fused-ring (bicyclic) bond motifs is 1.